The highest BCUT2D eigenvalue weighted by Gasteiger charge is 2.19. The number of nitrogens with zero attached hydrogens (tertiary/aromatic N) is 1. The average Bonchev–Trinajstić information content (AvgIpc) is 2.69. The molecule has 1 heterocycles. The van der Waals surface area contributed by atoms with E-state index in [2.05, 4.69) is 34.5 Å². The summed E-state index contributed by atoms with van der Waals surface area (Å²) >= 11 is 0. The first-order valence-electron chi connectivity index (χ1n) is 9.46. The van der Waals surface area contributed by atoms with Gasteiger partial charge in [0.2, 0.25) is 0 Å². The molecule has 0 spiro atoms. The predicted octanol–water partition coefficient (Wildman–Crippen LogP) is 3.71. The van der Waals surface area contributed by atoms with Crippen molar-refractivity contribution in [3.8, 4) is 11.5 Å². The minimum atomic E-state index is 0.722. The lowest BCUT2D eigenvalue weighted by atomic mass is 9.97. The van der Waals surface area contributed by atoms with Crippen LogP contribution in [0.2, 0.25) is 0 Å². The van der Waals surface area contributed by atoms with Crippen molar-refractivity contribution in [2.45, 2.75) is 25.9 Å². The van der Waals surface area contributed by atoms with Crippen LogP contribution < -0.4 is 14.8 Å². The summed E-state index contributed by atoms with van der Waals surface area (Å²) in [6.45, 7) is 5.38. The molecule has 0 radical (unpaired) electrons. The predicted molar refractivity (Wildman–Crippen MR) is 106 cm³/mol. The van der Waals surface area contributed by atoms with Crippen molar-refractivity contribution in [2.24, 2.45) is 5.92 Å². The van der Waals surface area contributed by atoms with Crippen LogP contribution in [-0.2, 0) is 13.1 Å². The number of hydrogen-bond acceptors (Lipinski definition) is 4. The summed E-state index contributed by atoms with van der Waals surface area (Å²) in [5.41, 5.74) is 2.66. The Labute approximate surface area is 157 Å². The molecule has 1 aliphatic rings. The van der Waals surface area contributed by atoms with Crippen LogP contribution in [0.1, 0.15) is 24.0 Å². The number of likely N-dealkylation sites (tertiary alicyclic amines) is 1. The summed E-state index contributed by atoms with van der Waals surface area (Å²) in [7, 11) is 3.41. The van der Waals surface area contributed by atoms with Gasteiger partial charge in [0, 0.05) is 19.6 Å². The largest absolute Gasteiger partial charge is 0.497 e. The third-order valence-electron chi connectivity index (χ3n) is 5.09. The Morgan fingerprint density at radius 2 is 1.54 bits per heavy atom. The zero-order valence-corrected chi connectivity index (χ0v) is 15.9. The van der Waals surface area contributed by atoms with Crippen molar-refractivity contribution >= 4 is 0 Å². The Morgan fingerprint density at radius 1 is 0.923 bits per heavy atom. The average molecular weight is 354 g/mol. The van der Waals surface area contributed by atoms with Gasteiger partial charge < -0.3 is 14.8 Å². The van der Waals surface area contributed by atoms with E-state index in [-0.39, 0.29) is 0 Å². The second-order valence-electron chi connectivity index (χ2n) is 7.07. The molecular weight excluding hydrogens is 324 g/mol. The summed E-state index contributed by atoms with van der Waals surface area (Å²) in [6, 6.07) is 16.7. The monoisotopic (exact) mass is 354 g/mol. The van der Waals surface area contributed by atoms with Crippen molar-refractivity contribution < 1.29 is 9.47 Å². The molecule has 4 heteroatoms. The van der Waals surface area contributed by atoms with E-state index in [0.29, 0.717) is 0 Å². The van der Waals surface area contributed by atoms with E-state index in [4.69, 9.17) is 9.47 Å². The van der Waals surface area contributed by atoms with Crippen LogP contribution in [0.3, 0.4) is 0 Å². The summed E-state index contributed by atoms with van der Waals surface area (Å²) in [5.74, 6) is 2.56. The highest BCUT2D eigenvalue weighted by molar-refractivity contribution is 5.27. The molecule has 1 aliphatic heterocycles. The Balaban J connectivity index is 1.42. The minimum Gasteiger partial charge on any atom is -0.497 e. The molecule has 0 aliphatic carbocycles. The first kappa shape index (κ1) is 18.7. The standard InChI is InChI=1S/C22H30N2O2/c1-25-21-9-5-18(6-10-21)14-23-15-20-4-3-13-24(17-20)16-19-7-11-22(26-2)12-8-19/h5-12,20,23H,3-4,13-17H2,1-2H3. The fourth-order valence-corrected chi connectivity index (χ4v) is 3.61. The minimum absolute atomic E-state index is 0.722. The third-order valence-corrected chi connectivity index (χ3v) is 5.09. The Kier molecular flexibility index (Phi) is 6.92. The van der Waals surface area contributed by atoms with E-state index < -0.39 is 0 Å². The molecule has 1 saturated heterocycles. The van der Waals surface area contributed by atoms with Gasteiger partial charge in [-0.15, -0.1) is 0 Å². The number of nitrogens with one attached hydrogen (secondary N) is 1. The van der Waals surface area contributed by atoms with Crippen LogP contribution >= 0.6 is 0 Å². The van der Waals surface area contributed by atoms with Gasteiger partial charge in [-0.1, -0.05) is 24.3 Å². The van der Waals surface area contributed by atoms with Crippen molar-refractivity contribution in [3.05, 3.63) is 59.7 Å². The maximum Gasteiger partial charge on any atom is 0.118 e. The maximum absolute atomic E-state index is 5.24. The molecule has 0 amide bonds. The van der Waals surface area contributed by atoms with Gasteiger partial charge in [-0.2, -0.15) is 0 Å². The number of methoxy groups -OCH3 is 2. The quantitative estimate of drug-likeness (QED) is 0.784. The summed E-state index contributed by atoms with van der Waals surface area (Å²) in [5, 5.41) is 3.62. The van der Waals surface area contributed by atoms with Gasteiger partial charge in [0.15, 0.2) is 0 Å². The lowest BCUT2D eigenvalue weighted by Crippen LogP contribution is -2.39. The van der Waals surface area contributed by atoms with E-state index in [1.54, 1.807) is 14.2 Å². The van der Waals surface area contributed by atoms with E-state index in [1.165, 1.54) is 37.1 Å². The van der Waals surface area contributed by atoms with Gasteiger partial charge in [0.1, 0.15) is 11.5 Å². The highest BCUT2D eigenvalue weighted by Crippen LogP contribution is 2.20. The lowest BCUT2D eigenvalue weighted by Gasteiger charge is -2.33. The van der Waals surface area contributed by atoms with Gasteiger partial charge in [-0.25, -0.2) is 0 Å². The Morgan fingerprint density at radius 3 is 2.15 bits per heavy atom. The molecule has 140 valence electrons. The topological polar surface area (TPSA) is 33.7 Å². The normalized spacial score (nSPS) is 17.8. The van der Waals surface area contributed by atoms with Gasteiger partial charge in [0.05, 0.1) is 14.2 Å². The number of rotatable bonds is 8. The molecule has 1 fully saturated rings. The Hall–Kier alpha value is -2.04. The Bertz CT molecular complexity index is 655. The number of benzene rings is 2. The SMILES string of the molecule is COc1ccc(CNCC2CCCN(Cc3ccc(OC)cc3)C2)cc1. The molecule has 3 rings (SSSR count). The van der Waals surface area contributed by atoms with Crippen LogP contribution in [0.4, 0.5) is 0 Å². The highest BCUT2D eigenvalue weighted by atomic mass is 16.5. The number of hydrogen-bond donors (Lipinski definition) is 1. The van der Waals surface area contributed by atoms with Gasteiger partial charge in [-0.3, -0.25) is 4.90 Å². The van der Waals surface area contributed by atoms with E-state index >= 15 is 0 Å². The molecule has 1 unspecified atom stereocenters. The fraction of sp³-hybridized carbons (Fsp3) is 0.455. The van der Waals surface area contributed by atoms with Crippen molar-refractivity contribution in [1.29, 1.82) is 0 Å². The van der Waals surface area contributed by atoms with Crippen molar-refractivity contribution in [3.63, 3.8) is 0 Å². The molecule has 1 N–H and O–H groups in total. The van der Waals surface area contributed by atoms with Gasteiger partial charge >= 0.3 is 0 Å². The van der Waals surface area contributed by atoms with E-state index in [9.17, 15) is 0 Å². The summed E-state index contributed by atoms with van der Waals surface area (Å²) in [4.78, 5) is 2.57. The zero-order valence-electron chi connectivity index (χ0n) is 15.9. The lowest BCUT2D eigenvalue weighted by molar-refractivity contribution is 0.165. The molecule has 26 heavy (non-hydrogen) atoms. The maximum atomic E-state index is 5.24. The van der Waals surface area contributed by atoms with Crippen molar-refractivity contribution in [1.82, 2.24) is 10.2 Å². The number of piperidine rings is 1. The first-order valence-corrected chi connectivity index (χ1v) is 9.46. The second-order valence-corrected chi connectivity index (χ2v) is 7.07. The molecular formula is C22H30N2O2. The molecule has 0 bridgehead atoms. The molecule has 0 aromatic heterocycles. The van der Waals surface area contributed by atoms with Crippen LogP contribution in [0.5, 0.6) is 11.5 Å². The van der Waals surface area contributed by atoms with Crippen LogP contribution in [0.15, 0.2) is 48.5 Å². The second kappa shape index (κ2) is 9.60. The number of ether oxygens (including phenoxy) is 2. The molecule has 2 aromatic rings. The molecule has 4 nitrogen and oxygen atoms in total. The smallest absolute Gasteiger partial charge is 0.118 e. The molecule has 0 saturated carbocycles. The van der Waals surface area contributed by atoms with E-state index in [0.717, 1.165) is 37.1 Å². The van der Waals surface area contributed by atoms with Crippen LogP contribution in [-0.4, -0.2) is 38.8 Å². The first-order chi connectivity index (χ1) is 12.8. The van der Waals surface area contributed by atoms with E-state index in [1.807, 2.05) is 24.3 Å². The van der Waals surface area contributed by atoms with Crippen molar-refractivity contribution in [2.75, 3.05) is 33.9 Å². The summed E-state index contributed by atoms with van der Waals surface area (Å²) in [6.07, 6.45) is 2.60. The van der Waals surface area contributed by atoms with Gasteiger partial charge in [-0.05, 0) is 67.2 Å². The van der Waals surface area contributed by atoms with Crippen LogP contribution in [0, 0.1) is 5.92 Å². The zero-order chi connectivity index (χ0) is 18.2. The molecule has 2 aromatic carbocycles. The third kappa shape index (κ3) is 5.48. The summed E-state index contributed by atoms with van der Waals surface area (Å²) < 4.78 is 10.5. The van der Waals surface area contributed by atoms with Gasteiger partial charge in [0.25, 0.3) is 0 Å². The fourth-order valence-electron chi connectivity index (χ4n) is 3.61. The molecule has 1 atom stereocenters. The van der Waals surface area contributed by atoms with Crippen LogP contribution in [0.25, 0.3) is 0 Å².